The van der Waals surface area contributed by atoms with Crippen LogP contribution in [-0.2, 0) is 4.79 Å². The number of aliphatic hydroxyl groups excluding tert-OH is 2. The van der Waals surface area contributed by atoms with Crippen molar-refractivity contribution in [1.29, 1.82) is 0 Å². The molecule has 0 aromatic carbocycles. The largest absolute Gasteiger partial charge is 0.394 e. The monoisotopic (exact) mass is 299 g/mol. The summed E-state index contributed by atoms with van der Waals surface area (Å²) in [5.41, 5.74) is -0.820. The third kappa shape index (κ3) is 3.36. The second-order valence-electron chi connectivity index (χ2n) is 6.46. The Morgan fingerprint density at radius 2 is 1.86 bits per heavy atom. The Bertz CT molecular complexity index is 405. The van der Waals surface area contributed by atoms with E-state index in [0.29, 0.717) is 18.8 Å². The molecule has 0 radical (unpaired) electrons. The summed E-state index contributed by atoms with van der Waals surface area (Å²) in [6.45, 7) is 6.24. The maximum Gasteiger partial charge on any atom is 0.325 e. The standard InChI is InChI=1S/C14H25N3O4/c1-10(2)7-16-5-3-14(4-6-16)12(20)17(13(21)15-14)8-11(19)9-18/h10-11,18-19H,3-9H2,1-2H3,(H,15,21). The summed E-state index contributed by atoms with van der Waals surface area (Å²) in [5, 5.41) is 21.1. The molecule has 0 saturated carbocycles. The first-order valence-corrected chi connectivity index (χ1v) is 7.53. The molecule has 0 aromatic heterocycles. The Morgan fingerprint density at radius 3 is 2.38 bits per heavy atom. The van der Waals surface area contributed by atoms with Crippen molar-refractivity contribution in [3.8, 4) is 0 Å². The molecule has 0 aromatic rings. The van der Waals surface area contributed by atoms with E-state index in [4.69, 9.17) is 5.11 Å². The first kappa shape index (κ1) is 16.2. The lowest BCUT2D eigenvalue weighted by Gasteiger charge is -2.38. The van der Waals surface area contributed by atoms with Crippen LogP contribution in [0.3, 0.4) is 0 Å². The highest BCUT2D eigenvalue weighted by atomic mass is 16.3. The van der Waals surface area contributed by atoms with E-state index in [-0.39, 0.29) is 12.5 Å². The molecule has 7 nitrogen and oxygen atoms in total. The molecule has 3 amide bonds. The fraction of sp³-hybridized carbons (Fsp3) is 0.857. The number of imide groups is 1. The van der Waals surface area contributed by atoms with Crippen molar-refractivity contribution >= 4 is 11.9 Å². The van der Waals surface area contributed by atoms with Gasteiger partial charge >= 0.3 is 6.03 Å². The van der Waals surface area contributed by atoms with Gasteiger partial charge in [-0.3, -0.25) is 9.69 Å². The minimum atomic E-state index is -1.09. The molecule has 2 rings (SSSR count). The van der Waals surface area contributed by atoms with Crippen LogP contribution in [-0.4, -0.2) is 76.4 Å². The number of carbonyl (C=O) groups excluding carboxylic acids is 2. The Morgan fingerprint density at radius 1 is 1.24 bits per heavy atom. The van der Waals surface area contributed by atoms with Gasteiger partial charge in [0, 0.05) is 19.6 Å². The van der Waals surface area contributed by atoms with Crippen molar-refractivity contribution in [1.82, 2.24) is 15.1 Å². The molecule has 2 fully saturated rings. The Balaban J connectivity index is 1.99. The van der Waals surface area contributed by atoms with Gasteiger partial charge in [-0.25, -0.2) is 4.79 Å². The second kappa shape index (κ2) is 6.29. The summed E-state index contributed by atoms with van der Waals surface area (Å²) in [5.74, 6) is 0.299. The number of aliphatic hydroxyl groups is 2. The molecule has 120 valence electrons. The van der Waals surface area contributed by atoms with Crippen molar-refractivity contribution < 1.29 is 19.8 Å². The molecule has 1 atom stereocenters. The molecule has 2 saturated heterocycles. The van der Waals surface area contributed by atoms with Crippen LogP contribution < -0.4 is 5.32 Å². The van der Waals surface area contributed by atoms with E-state index < -0.39 is 24.3 Å². The number of piperidine rings is 1. The highest BCUT2D eigenvalue weighted by Gasteiger charge is 2.52. The molecule has 7 heteroatoms. The Labute approximate surface area is 124 Å². The van der Waals surface area contributed by atoms with Crippen molar-refractivity contribution in [2.75, 3.05) is 32.8 Å². The number of hydrogen-bond acceptors (Lipinski definition) is 5. The molecule has 0 aliphatic carbocycles. The molecule has 3 N–H and O–H groups in total. The third-order valence-electron chi connectivity index (χ3n) is 4.18. The van der Waals surface area contributed by atoms with Crippen LogP contribution >= 0.6 is 0 Å². The quantitative estimate of drug-likeness (QED) is 0.589. The summed E-state index contributed by atoms with van der Waals surface area (Å²) < 4.78 is 0. The topological polar surface area (TPSA) is 93.1 Å². The molecule has 1 spiro atoms. The van der Waals surface area contributed by atoms with Crippen LogP contribution in [0.15, 0.2) is 0 Å². The van der Waals surface area contributed by atoms with E-state index in [1.807, 2.05) is 0 Å². The van der Waals surface area contributed by atoms with Crippen LogP contribution in [0.25, 0.3) is 0 Å². The van der Waals surface area contributed by atoms with Crippen molar-refractivity contribution in [2.45, 2.75) is 38.3 Å². The van der Waals surface area contributed by atoms with E-state index in [2.05, 4.69) is 24.1 Å². The fourth-order valence-corrected chi connectivity index (χ4v) is 3.08. The zero-order chi connectivity index (χ0) is 15.6. The lowest BCUT2D eigenvalue weighted by molar-refractivity contribution is -0.134. The molecule has 2 aliphatic heterocycles. The van der Waals surface area contributed by atoms with Crippen molar-refractivity contribution in [2.24, 2.45) is 5.92 Å². The molecule has 1 unspecified atom stereocenters. The molecule has 2 aliphatic rings. The van der Waals surface area contributed by atoms with Gasteiger partial charge in [-0.2, -0.15) is 0 Å². The lowest BCUT2D eigenvalue weighted by Crippen LogP contribution is -2.55. The van der Waals surface area contributed by atoms with Crippen LogP contribution in [0.1, 0.15) is 26.7 Å². The van der Waals surface area contributed by atoms with Gasteiger partial charge in [0.1, 0.15) is 5.54 Å². The van der Waals surface area contributed by atoms with Gasteiger partial charge in [0.15, 0.2) is 0 Å². The number of nitrogens with zero attached hydrogens (tertiary/aromatic N) is 2. The summed E-state index contributed by atoms with van der Waals surface area (Å²) >= 11 is 0. The SMILES string of the molecule is CC(C)CN1CCC2(CC1)NC(=O)N(CC(O)CO)C2=O. The number of β-amino-alcohol motifs (C(OH)–C–C–N with tert-alkyl or cyclic N) is 1. The Kier molecular flexibility index (Phi) is 4.85. The maximum absolute atomic E-state index is 12.5. The van der Waals surface area contributed by atoms with Crippen LogP contribution in [0.4, 0.5) is 4.79 Å². The van der Waals surface area contributed by atoms with Gasteiger partial charge < -0.3 is 20.4 Å². The number of amides is 3. The number of rotatable bonds is 5. The van der Waals surface area contributed by atoms with Gasteiger partial charge in [-0.15, -0.1) is 0 Å². The van der Waals surface area contributed by atoms with Crippen LogP contribution in [0, 0.1) is 5.92 Å². The van der Waals surface area contributed by atoms with E-state index in [1.165, 1.54) is 0 Å². The molecule has 21 heavy (non-hydrogen) atoms. The van der Waals surface area contributed by atoms with Gasteiger partial charge in [-0.1, -0.05) is 13.8 Å². The fourth-order valence-electron chi connectivity index (χ4n) is 3.08. The summed E-state index contributed by atoms with van der Waals surface area (Å²) in [6, 6.07) is -0.468. The number of hydrogen-bond donors (Lipinski definition) is 3. The van der Waals surface area contributed by atoms with E-state index in [1.54, 1.807) is 0 Å². The predicted molar refractivity (Wildman–Crippen MR) is 76.6 cm³/mol. The molecular weight excluding hydrogens is 274 g/mol. The summed E-state index contributed by atoms with van der Waals surface area (Å²) in [7, 11) is 0. The molecule has 0 bridgehead atoms. The zero-order valence-corrected chi connectivity index (χ0v) is 12.7. The van der Waals surface area contributed by atoms with Crippen molar-refractivity contribution in [3.63, 3.8) is 0 Å². The third-order valence-corrected chi connectivity index (χ3v) is 4.18. The smallest absolute Gasteiger partial charge is 0.325 e. The summed E-state index contributed by atoms with van der Waals surface area (Å²) in [4.78, 5) is 27.8. The Hall–Kier alpha value is -1.18. The van der Waals surface area contributed by atoms with Gasteiger partial charge in [-0.05, 0) is 18.8 Å². The molecule has 2 heterocycles. The van der Waals surface area contributed by atoms with Gasteiger partial charge in [0.25, 0.3) is 5.91 Å². The van der Waals surface area contributed by atoms with E-state index in [9.17, 15) is 14.7 Å². The van der Waals surface area contributed by atoms with Crippen LogP contribution in [0.5, 0.6) is 0 Å². The number of carbonyl (C=O) groups is 2. The highest BCUT2D eigenvalue weighted by molar-refractivity contribution is 6.07. The number of likely N-dealkylation sites (tertiary alicyclic amines) is 1. The van der Waals surface area contributed by atoms with Gasteiger partial charge in [0.2, 0.25) is 0 Å². The minimum Gasteiger partial charge on any atom is -0.394 e. The second-order valence-corrected chi connectivity index (χ2v) is 6.46. The average Bonchev–Trinajstić information content (AvgIpc) is 2.65. The normalized spacial score (nSPS) is 24.0. The number of urea groups is 1. The summed E-state index contributed by atoms with van der Waals surface area (Å²) in [6.07, 6.45) is 0.0994. The first-order chi connectivity index (χ1) is 9.88. The maximum atomic E-state index is 12.5. The number of nitrogens with one attached hydrogen (secondary N) is 1. The van der Waals surface area contributed by atoms with Crippen LogP contribution in [0.2, 0.25) is 0 Å². The lowest BCUT2D eigenvalue weighted by atomic mass is 9.87. The van der Waals surface area contributed by atoms with E-state index in [0.717, 1.165) is 24.5 Å². The zero-order valence-electron chi connectivity index (χ0n) is 12.7. The predicted octanol–water partition coefficient (Wildman–Crippen LogP) is -0.618. The average molecular weight is 299 g/mol. The first-order valence-electron chi connectivity index (χ1n) is 7.53. The molecular formula is C14H25N3O4. The minimum absolute atomic E-state index is 0.154. The highest BCUT2D eigenvalue weighted by Crippen LogP contribution is 2.29. The van der Waals surface area contributed by atoms with Gasteiger partial charge in [0.05, 0.1) is 19.3 Å². The van der Waals surface area contributed by atoms with E-state index >= 15 is 0 Å². The van der Waals surface area contributed by atoms with Crippen molar-refractivity contribution in [3.05, 3.63) is 0 Å².